The molecule has 2 heterocycles. The average molecular weight is 291 g/mol. The summed E-state index contributed by atoms with van der Waals surface area (Å²) in [6, 6.07) is 6.27. The van der Waals surface area contributed by atoms with Crippen LogP contribution in [0.3, 0.4) is 0 Å². The molecule has 1 aromatic rings. The molecule has 0 amide bonds. The van der Waals surface area contributed by atoms with Crippen LogP contribution in [0.2, 0.25) is 0 Å². The van der Waals surface area contributed by atoms with Crippen molar-refractivity contribution in [1.29, 1.82) is 0 Å². The van der Waals surface area contributed by atoms with Crippen LogP contribution in [0.4, 0.5) is 0 Å². The van der Waals surface area contributed by atoms with Crippen LogP contribution < -0.4 is 10.5 Å². The molecule has 2 unspecified atom stereocenters. The van der Waals surface area contributed by atoms with Gasteiger partial charge in [-0.15, -0.1) is 0 Å². The van der Waals surface area contributed by atoms with Gasteiger partial charge in [0, 0.05) is 31.9 Å². The molecule has 21 heavy (non-hydrogen) atoms. The van der Waals surface area contributed by atoms with E-state index in [2.05, 4.69) is 19.1 Å². The number of rotatable bonds is 3. The van der Waals surface area contributed by atoms with Gasteiger partial charge in [0.05, 0.1) is 18.8 Å². The summed E-state index contributed by atoms with van der Waals surface area (Å²) in [5, 5.41) is 0. The second kappa shape index (κ2) is 5.95. The third-order valence-electron chi connectivity index (χ3n) is 4.53. The zero-order valence-corrected chi connectivity index (χ0v) is 12.9. The molecular weight excluding hydrogens is 266 g/mol. The number of hydrogen-bond donors (Lipinski definition) is 1. The molecule has 0 saturated carbocycles. The van der Waals surface area contributed by atoms with Gasteiger partial charge in [-0.3, -0.25) is 0 Å². The standard InChI is InChI=1S/C17H25NO3/c1-12-9-14(13(2)18)3-4-16(12)21-15-5-7-20-17(10-15)6-8-19-11-17/h3-4,9,13,15H,5-8,10-11,18H2,1-2H3/t13-,15?,17?/m1/s1. The lowest BCUT2D eigenvalue weighted by Crippen LogP contribution is -2.44. The summed E-state index contributed by atoms with van der Waals surface area (Å²) in [5.41, 5.74) is 8.11. The Labute approximate surface area is 126 Å². The molecule has 2 fully saturated rings. The first-order valence-electron chi connectivity index (χ1n) is 7.82. The maximum Gasteiger partial charge on any atom is 0.122 e. The van der Waals surface area contributed by atoms with Crippen LogP contribution in [0.5, 0.6) is 5.75 Å². The molecule has 4 nitrogen and oxygen atoms in total. The molecule has 0 aromatic heterocycles. The highest BCUT2D eigenvalue weighted by atomic mass is 16.6. The predicted molar refractivity (Wildman–Crippen MR) is 81.6 cm³/mol. The van der Waals surface area contributed by atoms with Crippen LogP contribution in [0.15, 0.2) is 18.2 Å². The van der Waals surface area contributed by atoms with Crippen molar-refractivity contribution in [3.8, 4) is 5.75 Å². The molecule has 2 N–H and O–H groups in total. The number of nitrogens with two attached hydrogens (primary N) is 1. The van der Waals surface area contributed by atoms with Crippen molar-refractivity contribution in [2.75, 3.05) is 19.8 Å². The fourth-order valence-electron chi connectivity index (χ4n) is 3.21. The fourth-order valence-corrected chi connectivity index (χ4v) is 3.21. The summed E-state index contributed by atoms with van der Waals surface area (Å²) < 4.78 is 17.7. The molecular formula is C17H25NO3. The molecule has 1 aromatic carbocycles. The van der Waals surface area contributed by atoms with E-state index in [1.54, 1.807) is 0 Å². The Kier molecular flexibility index (Phi) is 4.20. The van der Waals surface area contributed by atoms with Gasteiger partial charge in [-0.25, -0.2) is 0 Å². The number of ether oxygens (including phenoxy) is 3. The number of hydrogen-bond acceptors (Lipinski definition) is 4. The summed E-state index contributed by atoms with van der Waals surface area (Å²) in [6.45, 7) is 6.34. The van der Waals surface area contributed by atoms with Crippen LogP contribution >= 0.6 is 0 Å². The van der Waals surface area contributed by atoms with Gasteiger partial charge in [0.1, 0.15) is 11.9 Å². The highest BCUT2D eigenvalue weighted by Crippen LogP contribution is 2.35. The average Bonchev–Trinajstić information content (AvgIpc) is 2.89. The Morgan fingerprint density at radius 2 is 2.24 bits per heavy atom. The summed E-state index contributed by atoms with van der Waals surface area (Å²) in [4.78, 5) is 0. The molecule has 3 atom stereocenters. The first-order valence-corrected chi connectivity index (χ1v) is 7.82. The molecule has 0 aliphatic carbocycles. The lowest BCUT2D eigenvalue weighted by molar-refractivity contribution is -0.112. The lowest BCUT2D eigenvalue weighted by atomic mass is 9.91. The zero-order chi connectivity index (χ0) is 14.9. The second-order valence-corrected chi connectivity index (χ2v) is 6.38. The van der Waals surface area contributed by atoms with Crippen LogP contribution in [-0.2, 0) is 9.47 Å². The normalized spacial score (nSPS) is 30.5. The lowest BCUT2D eigenvalue weighted by Gasteiger charge is -2.37. The Balaban J connectivity index is 1.68. The van der Waals surface area contributed by atoms with Gasteiger partial charge in [0.15, 0.2) is 0 Å². The van der Waals surface area contributed by atoms with Crippen molar-refractivity contribution < 1.29 is 14.2 Å². The minimum Gasteiger partial charge on any atom is -0.490 e. The highest BCUT2D eigenvalue weighted by molar-refractivity contribution is 5.37. The highest BCUT2D eigenvalue weighted by Gasteiger charge is 2.41. The summed E-state index contributed by atoms with van der Waals surface area (Å²) in [6.07, 6.45) is 3.05. The molecule has 2 saturated heterocycles. The van der Waals surface area contributed by atoms with Gasteiger partial charge in [-0.05, 0) is 31.0 Å². The van der Waals surface area contributed by atoms with E-state index in [-0.39, 0.29) is 17.7 Å². The molecule has 0 radical (unpaired) electrons. The molecule has 3 rings (SSSR count). The van der Waals surface area contributed by atoms with Gasteiger partial charge in [0.2, 0.25) is 0 Å². The molecule has 116 valence electrons. The molecule has 4 heteroatoms. The van der Waals surface area contributed by atoms with Crippen molar-refractivity contribution in [2.45, 2.75) is 50.9 Å². The Morgan fingerprint density at radius 3 is 2.90 bits per heavy atom. The number of aryl methyl sites for hydroxylation is 1. The SMILES string of the molecule is Cc1cc([C@@H](C)N)ccc1OC1CCOC2(CCOC2)C1. The number of benzene rings is 1. The second-order valence-electron chi connectivity index (χ2n) is 6.38. The molecule has 0 bridgehead atoms. The van der Waals surface area contributed by atoms with E-state index in [1.807, 2.05) is 13.0 Å². The molecule has 2 aliphatic heterocycles. The maximum atomic E-state index is 6.23. The van der Waals surface area contributed by atoms with Crippen molar-refractivity contribution in [2.24, 2.45) is 5.73 Å². The van der Waals surface area contributed by atoms with Gasteiger partial charge in [-0.1, -0.05) is 12.1 Å². The van der Waals surface area contributed by atoms with E-state index < -0.39 is 0 Å². The monoisotopic (exact) mass is 291 g/mol. The van der Waals surface area contributed by atoms with Gasteiger partial charge in [0.25, 0.3) is 0 Å². The Bertz CT molecular complexity index is 495. The Hall–Kier alpha value is -1.10. The van der Waals surface area contributed by atoms with E-state index in [1.165, 1.54) is 0 Å². The predicted octanol–water partition coefficient (Wildman–Crippen LogP) is 2.73. The van der Waals surface area contributed by atoms with E-state index in [9.17, 15) is 0 Å². The summed E-state index contributed by atoms with van der Waals surface area (Å²) >= 11 is 0. The van der Waals surface area contributed by atoms with Crippen molar-refractivity contribution in [3.63, 3.8) is 0 Å². The van der Waals surface area contributed by atoms with E-state index in [0.717, 1.165) is 49.4 Å². The van der Waals surface area contributed by atoms with Crippen molar-refractivity contribution >= 4 is 0 Å². The van der Waals surface area contributed by atoms with Crippen LogP contribution in [-0.4, -0.2) is 31.5 Å². The van der Waals surface area contributed by atoms with E-state index >= 15 is 0 Å². The minimum absolute atomic E-state index is 0.0553. The Morgan fingerprint density at radius 1 is 1.38 bits per heavy atom. The topological polar surface area (TPSA) is 53.7 Å². The minimum atomic E-state index is -0.109. The maximum absolute atomic E-state index is 6.23. The van der Waals surface area contributed by atoms with Crippen molar-refractivity contribution in [1.82, 2.24) is 0 Å². The van der Waals surface area contributed by atoms with Gasteiger partial charge in [-0.2, -0.15) is 0 Å². The van der Waals surface area contributed by atoms with Crippen LogP contribution in [0.25, 0.3) is 0 Å². The summed E-state index contributed by atoms with van der Waals surface area (Å²) in [5.74, 6) is 0.959. The van der Waals surface area contributed by atoms with E-state index in [0.29, 0.717) is 6.61 Å². The zero-order valence-electron chi connectivity index (χ0n) is 12.9. The third kappa shape index (κ3) is 3.23. The first kappa shape index (κ1) is 14.8. The quantitative estimate of drug-likeness (QED) is 0.930. The first-order chi connectivity index (χ1) is 10.1. The van der Waals surface area contributed by atoms with E-state index in [4.69, 9.17) is 19.9 Å². The molecule has 1 spiro atoms. The fraction of sp³-hybridized carbons (Fsp3) is 0.647. The van der Waals surface area contributed by atoms with Crippen LogP contribution in [0, 0.1) is 6.92 Å². The van der Waals surface area contributed by atoms with Gasteiger partial charge < -0.3 is 19.9 Å². The summed E-state index contributed by atoms with van der Waals surface area (Å²) in [7, 11) is 0. The van der Waals surface area contributed by atoms with Crippen molar-refractivity contribution in [3.05, 3.63) is 29.3 Å². The molecule has 2 aliphatic rings. The third-order valence-corrected chi connectivity index (χ3v) is 4.53. The van der Waals surface area contributed by atoms with Gasteiger partial charge >= 0.3 is 0 Å². The smallest absolute Gasteiger partial charge is 0.122 e. The largest absolute Gasteiger partial charge is 0.490 e. The van der Waals surface area contributed by atoms with Crippen LogP contribution in [0.1, 0.15) is 43.4 Å².